The van der Waals surface area contributed by atoms with Crippen molar-refractivity contribution >= 4 is 28.8 Å². The van der Waals surface area contributed by atoms with E-state index < -0.39 is 0 Å². The smallest absolute Gasteiger partial charge is 0.236 e. The molecular weight excluding hydrogens is 270 g/mol. The van der Waals surface area contributed by atoms with Gasteiger partial charge in [0, 0.05) is 11.6 Å². The number of anilines is 1. The molecule has 3 rings (SSSR count). The Labute approximate surface area is 124 Å². The van der Waals surface area contributed by atoms with Gasteiger partial charge in [0.2, 0.25) is 5.91 Å². The topological polar surface area (TPSA) is 29.5 Å². The second-order valence-electron chi connectivity index (χ2n) is 5.37. The average Bonchev–Trinajstić information content (AvgIpc) is 2.72. The molecule has 1 amide bonds. The van der Waals surface area contributed by atoms with E-state index in [1.54, 1.807) is 12.0 Å². The number of fused-ring (bicyclic) bond motifs is 1. The lowest BCUT2D eigenvalue weighted by molar-refractivity contribution is -0.121. The Morgan fingerprint density at radius 1 is 1.30 bits per heavy atom. The Kier molecular flexibility index (Phi) is 3.34. The molecule has 2 aliphatic rings. The highest BCUT2D eigenvalue weighted by atomic mass is 32.1. The summed E-state index contributed by atoms with van der Waals surface area (Å²) in [5.74, 6) is 1.39. The Morgan fingerprint density at radius 2 is 2.00 bits per heavy atom. The summed E-state index contributed by atoms with van der Waals surface area (Å²) in [6, 6.07) is 7.49. The van der Waals surface area contributed by atoms with Gasteiger partial charge in [-0.2, -0.15) is 0 Å². The zero-order chi connectivity index (χ0) is 14.3. The van der Waals surface area contributed by atoms with E-state index >= 15 is 0 Å². The summed E-state index contributed by atoms with van der Waals surface area (Å²) in [7, 11) is 1.63. The van der Waals surface area contributed by atoms with Crippen molar-refractivity contribution in [3.8, 4) is 5.75 Å². The summed E-state index contributed by atoms with van der Waals surface area (Å²) < 4.78 is 5.15. The lowest BCUT2D eigenvalue weighted by Crippen LogP contribution is -2.30. The Morgan fingerprint density at radius 3 is 2.60 bits per heavy atom. The second-order valence-corrected chi connectivity index (χ2v) is 5.78. The van der Waals surface area contributed by atoms with E-state index in [1.807, 2.05) is 24.3 Å². The van der Waals surface area contributed by atoms with Crippen molar-refractivity contribution in [1.82, 2.24) is 0 Å². The highest BCUT2D eigenvalue weighted by Gasteiger charge is 2.47. The third-order valence-electron chi connectivity index (χ3n) is 4.20. The van der Waals surface area contributed by atoms with Crippen LogP contribution in [0.25, 0.3) is 0 Å². The number of benzene rings is 1. The average molecular weight is 287 g/mol. The fourth-order valence-corrected chi connectivity index (χ4v) is 3.71. The zero-order valence-electron chi connectivity index (χ0n) is 11.6. The van der Waals surface area contributed by atoms with Crippen LogP contribution >= 0.6 is 12.2 Å². The summed E-state index contributed by atoms with van der Waals surface area (Å²) in [6.45, 7) is 2.13. The molecule has 104 valence electrons. The van der Waals surface area contributed by atoms with E-state index in [0.29, 0.717) is 5.92 Å². The van der Waals surface area contributed by atoms with Crippen LogP contribution in [-0.4, -0.2) is 18.0 Å². The summed E-state index contributed by atoms with van der Waals surface area (Å²) in [5, 5.41) is 0. The number of amides is 1. The van der Waals surface area contributed by atoms with E-state index in [2.05, 4.69) is 19.1 Å². The van der Waals surface area contributed by atoms with Gasteiger partial charge in [-0.15, -0.1) is 0 Å². The molecule has 1 aliphatic carbocycles. The molecule has 0 saturated carbocycles. The van der Waals surface area contributed by atoms with E-state index in [9.17, 15) is 4.79 Å². The number of carbonyl (C=O) groups is 1. The van der Waals surface area contributed by atoms with Crippen molar-refractivity contribution in [1.29, 1.82) is 0 Å². The molecule has 3 nitrogen and oxygen atoms in total. The molecule has 1 heterocycles. The minimum atomic E-state index is 0.00426. The molecule has 3 atom stereocenters. The van der Waals surface area contributed by atoms with Crippen molar-refractivity contribution in [2.75, 3.05) is 12.0 Å². The number of thiocarbonyl (C=S) groups is 1. The SMILES string of the molecule is COc1ccc(N2C(=O)[C@H]3CC=C[C@@H](C)[C@H]3C2=S)cc1. The molecule has 1 fully saturated rings. The van der Waals surface area contributed by atoms with Crippen LogP contribution in [0.15, 0.2) is 36.4 Å². The van der Waals surface area contributed by atoms with E-state index in [0.717, 1.165) is 22.8 Å². The quantitative estimate of drug-likeness (QED) is 0.618. The summed E-state index contributed by atoms with van der Waals surface area (Å²) in [6.07, 6.45) is 5.06. The van der Waals surface area contributed by atoms with Crippen LogP contribution in [0.3, 0.4) is 0 Å². The number of hydrogen-bond donors (Lipinski definition) is 0. The molecule has 20 heavy (non-hydrogen) atoms. The lowest BCUT2D eigenvalue weighted by atomic mass is 9.79. The van der Waals surface area contributed by atoms with Gasteiger partial charge in [0.1, 0.15) is 5.75 Å². The molecule has 1 aromatic rings. The first kappa shape index (κ1) is 13.3. The number of hydrogen-bond acceptors (Lipinski definition) is 3. The van der Waals surface area contributed by atoms with Crippen LogP contribution in [0.4, 0.5) is 5.69 Å². The highest BCUT2D eigenvalue weighted by molar-refractivity contribution is 7.80. The number of carbonyl (C=O) groups excluding carboxylic acids is 1. The van der Waals surface area contributed by atoms with Crippen LogP contribution < -0.4 is 9.64 Å². The first-order chi connectivity index (χ1) is 9.63. The van der Waals surface area contributed by atoms with Crippen LogP contribution in [0.1, 0.15) is 13.3 Å². The van der Waals surface area contributed by atoms with Crippen molar-refractivity contribution in [3.63, 3.8) is 0 Å². The van der Waals surface area contributed by atoms with Gasteiger partial charge < -0.3 is 4.74 Å². The Bertz CT molecular complexity index is 579. The maximum absolute atomic E-state index is 12.6. The van der Waals surface area contributed by atoms with Gasteiger partial charge in [-0.3, -0.25) is 9.69 Å². The van der Waals surface area contributed by atoms with Crippen molar-refractivity contribution in [2.45, 2.75) is 13.3 Å². The number of ether oxygens (including phenoxy) is 1. The molecule has 4 heteroatoms. The van der Waals surface area contributed by atoms with Crippen LogP contribution in [0, 0.1) is 17.8 Å². The zero-order valence-corrected chi connectivity index (χ0v) is 12.4. The minimum absolute atomic E-state index is 0.00426. The summed E-state index contributed by atoms with van der Waals surface area (Å²) >= 11 is 5.58. The molecule has 1 aromatic carbocycles. The molecule has 1 saturated heterocycles. The van der Waals surface area contributed by atoms with Gasteiger partial charge in [0.15, 0.2) is 0 Å². The number of nitrogens with zero attached hydrogens (tertiary/aromatic N) is 1. The van der Waals surface area contributed by atoms with Crippen molar-refractivity contribution in [2.24, 2.45) is 17.8 Å². The molecule has 0 N–H and O–H groups in total. The summed E-state index contributed by atoms with van der Waals surface area (Å²) in [4.78, 5) is 15.1. The number of rotatable bonds is 2. The predicted molar refractivity (Wildman–Crippen MR) is 83.0 cm³/mol. The Balaban J connectivity index is 1.94. The van der Waals surface area contributed by atoms with Crippen LogP contribution in [0.5, 0.6) is 5.75 Å². The van der Waals surface area contributed by atoms with Crippen LogP contribution in [-0.2, 0) is 4.79 Å². The second kappa shape index (κ2) is 5.02. The molecule has 0 radical (unpaired) electrons. The molecular formula is C16H17NO2S. The van der Waals surface area contributed by atoms with Gasteiger partial charge in [-0.05, 0) is 36.6 Å². The maximum Gasteiger partial charge on any atom is 0.236 e. The number of methoxy groups -OCH3 is 1. The fourth-order valence-electron chi connectivity index (χ4n) is 3.13. The minimum Gasteiger partial charge on any atom is -0.497 e. The van der Waals surface area contributed by atoms with E-state index in [-0.39, 0.29) is 17.7 Å². The molecule has 0 spiro atoms. The van der Waals surface area contributed by atoms with E-state index in [1.165, 1.54) is 0 Å². The largest absolute Gasteiger partial charge is 0.497 e. The van der Waals surface area contributed by atoms with Gasteiger partial charge in [-0.1, -0.05) is 31.3 Å². The monoisotopic (exact) mass is 287 g/mol. The molecule has 0 unspecified atom stereocenters. The van der Waals surface area contributed by atoms with E-state index in [4.69, 9.17) is 17.0 Å². The van der Waals surface area contributed by atoms with Crippen molar-refractivity contribution < 1.29 is 9.53 Å². The third kappa shape index (κ3) is 1.95. The third-order valence-corrected chi connectivity index (χ3v) is 4.66. The van der Waals surface area contributed by atoms with Gasteiger partial charge in [0.05, 0.1) is 18.0 Å². The highest BCUT2D eigenvalue weighted by Crippen LogP contribution is 2.41. The maximum atomic E-state index is 12.6. The van der Waals surface area contributed by atoms with Gasteiger partial charge in [-0.25, -0.2) is 0 Å². The fraction of sp³-hybridized carbons (Fsp3) is 0.375. The predicted octanol–water partition coefficient (Wildman–Crippen LogP) is 3.20. The van der Waals surface area contributed by atoms with Gasteiger partial charge in [0.25, 0.3) is 0 Å². The van der Waals surface area contributed by atoms with Gasteiger partial charge >= 0.3 is 0 Å². The van der Waals surface area contributed by atoms with Crippen molar-refractivity contribution in [3.05, 3.63) is 36.4 Å². The number of allylic oxidation sites excluding steroid dienone is 2. The van der Waals surface area contributed by atoms with Crippen LogP contribution in [0.2, 0.25) is 0 Å². The Hall–Kier alpha value is -1.68. The normalized spacial score (nSPS) is 28.7. The lowest BCUT2D eigenvalue weighted by Gasteiger charge is -2.24. The first-order valence-corrected chi connectivity index (χ1v) is 7.23. The standard InChI is InChI=1S/C16H17NO2S/c1-10-4-3-5-13-14(10)16(20)17(15(13)18)11-6-8-12(19-2)9-7-11/h3-4,6-10,13-14H,5H2,1-2H3/t10-,13+,14-/m1/s1. The molecule has 1 aliphatic heterocycles. The molecule has 0 aromatic heterocycles. The molecule has 0 bridgehead atoms. The summed E-state index contributed by atoms with van der Waals surface area (Å²) in [5.41, 5.74) is 0.836. The first-order valence-electron chi connectivity index (χ1n) is 6.82.